The fraction of sp³-hybridized carbons (Fsp3) is 1.00. The third kappa shape index (κ3) is 7.77. The van der Waals surface area contributed by atoms with Gasteiger partial charge < -0.3 is 15.5 Å². The predicted molar refractivity (Wildman–Crippen MR) is 68.2 cm³/mol. The van der Waals surface area contributed by atoms with E-state index in [0.717, 1.165) is 19.6 Å². The molecule has 3 nitrogen and oxygen atoms in total. The molecule has 1 unspecified atom stereocenters. The molecule has 3 heteroatoms. The molecule has 0 amide bonds. The van der Waals surface area contributed by atoms with Crippen LogP contribution in [0.25, 0.3) is 0 Å². The van der Waals surface area contributed by atoms with Crippen molar-refractivity contribution in [2.75, 3.05) is 40.8 Å². The van der Waals surface area contributed by atoms with E-state index in [-0.39, 0.29) is 0 Å². The second kappa shape index (κ2) is 9.13. The third-order valence-corrected chi connectivity index (χ3v) is 2.90. The van der Waals surface area contributed by atoms with Crippen molar-refractivity contribution in [3.8, 4) is 0 Å². The molecule has 0 spiro atoms. The fourth-order valence-corrected chi connectivity index (χ4v) is 1.78. The van der Waals surface area contributed by atoms with Gasteiger partial charge in [0.15, 0.2) is 0 Å². The van der Waals surface area contributed by atoms with E-state index in [1.165, 1.54) is 25.7 Å². The van der Waals surface area contributed by atoms with Gasteiger partial charge in [0, 0.05) is 12.6 Å². The van der Waals surface area contributed by atoms with Crippen LogP contribution in [0.1, 0.15) is 32.6 Å². The van der Waals surface area contributed by atoms with Crippen molar-refractivity contribution in [3.05, 3.63) is 0 Å². The van der Waals surface area contributed by atoms with E-state index >= 15 is 0 Å². The Bertz CT molecular complexity index is 137. The minimum Gasteiger partial charge on any atom is -0.329 e. The van der Waals surface area contributed by atoms with Crippen molar-refractivity contribution in [2.24, 2.45) is 5.73 Å². The highest BCUT2D eigenvalue weighted by Gasteiger charge is 2.11. The molecule has 0 saturated carbocycles. The summed E-state index contributed by atoms with van der Waals surface area (Å²) in [6.45, 7) is 5.34. The highest BCUT2D eigenvalue weighted by molar-refractivity contribution is 4.69. The van der Waals surface area contributed by atoms with Crippen molar-refractivity contribution in [1.82, 2.24) is 9.80 Å². The lowest BCUT2D eigenvalue weighted by Crippen LogP contribution is -2.39. The van der Waals surface area contributed by atoms with Crippen LogP contribution < -0.4 is 5.73 Å². The number of rotatable bonds is 9. The van der Waals surface area contributed by atoms with Crippen LogP contribution in [-0.4, -0.2) is 56.6 Å². The second-order valence-electron chi connectivity index (χ2n) is 4.67. The molecule has 0 radical (unpaired) electrons. The van der Waals surface area contributed by atoms with E-state index in [4.69, 9.17) is 5.73 Å². The SMILES string of the molecule is CCCCC(CN)N(C)CCCN(C)C. The molecular weight excluding hydrogens is 186 g/mol. The molecule has 0 heterocycles. The monoisotopic (exact) mass is 215 g/mol. The molecule has 1 atom stereocenters. The summed E-state index contributed by atoms with van der Waals surface area (Å²) in [6, 6.07) is 0.576. The van der Waals surface area contributed by atoms with Gasteiger partial charge >= 0.3 is 0 Å². The number of nitrogens with zero attached hydrogens (tertiary/aromatic N) is 2. The molecule has 0 aromatic heterocycles. The molecule has 0 aromatic rings. The minimum absolute atomic E-state index is 0.576. The Kier molecular flexibility index (Phi) is 9.06. The van der Waals surface area contributed by atoms with E-state index in [1.807, 2.05) is 0 Å². The second-order valence-corrected chi connectivity index (χ2v) is 4.67. The maximum absolute atomic E-state index is 5.79. The quantitative estimate of drug-likeness (QED) is 0.631. The first kappa shape index (κ1) is 14.9. The van der Waals surface area contributed by atoms with Gasteiger partial charge in [0.1, 0.15) is 0 Å². The van der Waals surface area contributed by atoms with Crippen LogP contribution in [0.5, 0.6) is 0 Å². The van der Waals surface area contributed by atoms with Gasteiger partial charge in [0.05, 0.1) is 0 Å². The summed E-state index contributed by atoms with van der Waals surface area (Å²) in [6.07, 6.45) is 5.03. The number of hydrogen-bond donors (Lipinski definition) is 1. The van der Waals surface area contributed by atoms with Gasteiger partial charge in [-0.15, -0.1) is 0 Å². The average Bonchev–Trinajstić information content (AvgIpc) is 2.18. The van der Waals surface area contributed by atoms with E-state index in [0.29, 0.717) is 6.04 Å². The molecule has 0 aromatic carbocycles. The van der Waals surface area contributed by atoms with Crippen molar-refractivity contribution >= 4 is 0 Å². The number of nitrogens with two attached hydrogens (primary N) is 1. The summed E-state index contributed by atoms with van der Waals surface area (Å²) < 4.78 is 0. The lowest BCUT2D eigenvalue weighted by atomic mass is 10.1. The maximum Gasteiger partial charge on any atom is 0.0215 e. The smallest absolute Gasteiger partial charge is 0.0215 e. The van der Waals surface area contributed by atoms with Gasteiger partial charge in [-0.25, -0.2) is 0 Å². The molecule has 92 valence electrons. The summed E-state index contributed by atoms with van der Waals surface area (Å²) in [7, 11) is 6.44. The van der Waals surface area contributed by atoms with Gasteiger partial charge in [0.2, 0.25) is 0 Å². The zero-order chi connectivity index (χ0) is 11.7. The molecule has 0 fully saturated rings. The molecule has 15 heavy (non-hydrogen) atoms. The first-order chi connectivity index (χ1) is 7.11. The molecule has 0 aliphatic carbocycles. The van der Waals surface area contributed by atoms with Crippen molar-refractivity contribution in [2.45, 2.75) is 38.6 Å². The van der Waals surface area contributed by atoms with Crippen molar-refractivity contribution < 1.29 is 0 Å². The first-order valence-corrected chi connectivity index (χ1v) is 6.16. The summed E-state index contributed by atoms with van der Waals surface area (Å²) in [5.41, 5.74) is 5.79. The summed E-state index contributed by atoms with van der Waals surface area (Å²) in [5.74, 6) is 0. The van der Waals surface area contributed by atoms with E-state index in [1.54, 1.807) is 0 Å². The van der Waals surface area contributed by atoms with Crippen LogP contribution >= 0.6 is 0 Å². The predicted octanol–water partition coefficient (Wildman–Crippen LogP) is 1.39. The van der Waals surface area contributed by atoms with E-state index in [9.17, 15) is 0 Å². The molecular formula is C12H29N3. The van der Waals surface area contributed by atoms with Gasteiger partial charge in [-0.05, 0) is 47.1 Å². The highest BCUT2D eigenvalue weighted by Crippen LogP contribution is 2.06. The van der Waals surface area contributed by atoms with Crippen molar-refractivity contribution in [3.63, 3.8) is 0 Å². The largest absolute Gasteiger partial charge is 0.329 e. The van der Waals surface area contributed by atoms with Crippen LogP contribution in [0.15, 0.2) is 0 Å². The molecule has 0 rings (SSSR count). The summed E-state index contributed by atoms with van der Waals surface area (Å²) >= 11 is 0. The van der Waals surface area contributed by atoms with E-state index < -0.39 is 0 Å². The van der Waals surface area contributed by atoms with Crippen LogP contribution in [0.4, 0.5) is 0 Å². The third-order valence-electron chi connectivity index (χ3n) is 2.90. The molecule has 2 N–H and O–H groups in total. The maximum atomic E-state index is 5.79. The summed E-state index contributed by atoms with van der Waals surface area (Å²) in [5, 5.41) is 0. The standard InChI is InChI=1S/C12H29N3/c1-5-6-8-12(11-13)15(4)10-7-9-14(2)3/h12H,5-11,13H2,1-4H3. The van der Waals surface area contributed by atoms with Crippen LogP contribution in [0.3, 0.4) is 0 Å². The first-order valence-electron chi connectivity index (χ1n) is 6.16. The van der Waals surface area contributed by atoms with Gasteiger partial charge in [-0.2, -0.15) is 0 Å². The van der Waals surface area contributed by atoms with E-state index in [2.05, 4.69) is 37.9 Å². The zero-order valence-corrected chi connectivity index (χ0v) is 11.0. The van der Waals surface area contributed by atoms with Gasteiger partial charge in [-0.3, -0.25) is 0 Å². The highest BCUT2D eigenvalue weighted by atomic mass is 15.1. The zero-order valence-electron chi connectivity index (χ0n) is 11.0. The Morgan fingerprint density at radius 3 is 2.20 bits per heavy atom. The molecule has 0 saturated heterocycles. The molecule has 0 bridgehead atoms. The van der Waals surface area contributed by atoms with Gasteiger partial charge in [-0.1, -0.05) is 19.8 Å². The van der Waals surface area contributed by atoms with Crippen molar-refractivity contribution in [1.29, 1.82) is 0 Å². The number of unbranched alkanes of at least 4 members (excludes halogenated alkanes) is 1. The molecule has 0 aliphatic rings. The topological polar surface area (TPSA) is 32.5 Å². The normalized spacial score (nSPS) is 13.8. The van der Waals surface area contributed by atoms with Crippen LogP contribution in [0, 0.1) is 0 Å². The van der Waals surface area contributed by atoms with Gasteiger partial charge in [0.25, 0.3) is 0 Å². The molecule has 0 aliphatic heterocycles. The summed E-state index contributed by atoms with van der Waals surface area (Å²) in [4.78, 5) is 4.65. The Hall–Kier alpha value is -0.120. The van der Waals surface area contributed by atoms with Crippen LogP contribution in [0.2, 0.25) is 0 Å². The number of likely N-dealkylation sites (N-methyl/N-ethyl adjacent to an activating group) is 1. The lowest BCUT2D eigenvalue weighted by Gasteiger charge is -2.27. The Balaban J connectivity index is 3.67. The fourth-order valence-electron chi connectivity index (χ4n) is 1.78. The van der Waals surface area contributed by atoms with Crippen LogP contribution in [-0.2, 0) is 0 Å². The Morgan fingerprint density at radius 2 is 1.73 bits per heavy atom. The lowest BCUT2D eigenvalue weighted by molar-refractivity contribution is 0.220. The Labute approximate surface area is 95.6 Å². The number of hydrogen-bond acceptors (Lipinski definition) is 3. The average molecular weight is 215 g/mol. The minimum atomic E-state index is 0.576. The Morgan fingerprint density at radius 1 is 1.07 bits per heavy atom.